The Kier molecular flexibility index (Phi) is 7.47. The third-order valence-corrected chi connectivity index (χ3v) is 6.62. The van der Waals surface area contributed by atoms with Gasteiger partial charge in [-0.3, -0.25) is 9.52 Å². The fraction of sp³-hybridized carbons (Fsp3) is 0.333. The molecule has 4 N–H and O–H groups in total. The fourth-order valence-corrected chi connectivity index (χ4v) is 4.86. The number of urea groups is 1. The van der Waals surface area contributed by atoms with Crippen molar-refractivity contribution in [1.29, 1.82) is 0 Å². The first-order chi connectivity index (χ1) is 16.3. The molecule has 34 heavy (non-hydrogen) atoms. The molecule has 1 aliphatic rings. The summed E-state index contributed by atoms with van der Waals surface area (Å²) < 4.78 is 43.4. The van der Waals surface area contributed by atoms with Crippen molar-refractivity contribution in [3.63, 3.8) is 0 Å². The van der Waals surface area contributed by atoms with Crippen molar-refractivity contribution < 1.29 is 18.0 Å². The summed E-state index contributed by atoms with van der Waals surface area (Å²) >= 11 is 1.55. The van der Waals surface area contributed by atoms with Crippen LogP contribution < -0.4 is 20.9 Å². The number of hydrogen-bond acceptors (Lipinski definition) is 4. The molecule has 0 saturated heterocycles. The van der Waals surface area contributed by atoms with Crippen molar-refractivity contribution in [2.24, 2.45) is 5.92 Å². The number of alkyl halides is 3. The van der Waals surface area contributed by atoms with E-state index in [1.54, 1.807) is 24.1 Å². The molecule has 0 aliphatic heterocycles. The van der Waals surface area contributed by atoms with E-state index >= 15 is 0 Å². The Balaban J connectivity index is 1.35. The maximum Gasteiger partial charge on any atom is 0.417 e. The van der Waals surface area contributed by atoms with Crippen molar-refractivity contribution in [3.05, 3.63) is 64.4 Å². The van der Waals surface area contributed by atoms with E-state index in [9.17, 15) is 22.8 Å². The highest BCUT2D eigenvalue weighted by Crippen LogP contribution is 2.34. The first-order valence-electron chi connectivity index (χ1n) is 11.1. The van der Waals surface area contributed by atoms with Crippen molar-refractivity contribution in [2.75, 3.05) is 17.2 Å². The Labute approximate surface area is 198 Å². The van der Waals surface area contributed by atoms with E-state index in [0.29, 0.717) is 11.8 Å². The lowest BCUT2D eigenvalue weighted by atomic mass is 9.90. The lowest BCUT2D eigenvalue weighted by Crippen LogP contribution is -2.20. The molecule has 1 aliphatic carbocycles. The summed E-state index contributed by atoms with van der Waals surface area (Å²) in [7, 11) is 0. The highest BCUT2D eigenvalue weighted by molar-refractivity contribution is 7.97. The number of aromatic amines is 1. The molecule has 3 aromatic rings. The third kappa shape index (κ3) is 6.32. The highest BCUT2D eigenvalue weighted by atomic mass is 32.2. The number of H-pyrrole nitrogens is 1. The Morgan fingerprint density at radius 3 is 2.35 bits per heavy atom. The van der Waals surface area contributed by atoms with Gasteiger partial charge in [0.25, 0.3) is 0 Å². The van der Waals surface area contributed by atoms with Gasteiger partial charge in [0.05, 0.1) is 5.56 Å². The van der Waals surface area contributed by atoms with Crippen LogP contribution in [0.1, 0.15) is 37.7 Å². The number of fused-ring (bicyclic) bond motifs is 1. The van der Waals surface area contributed by atoms with Crippen molar-refractivity contribution in [3.8, 4) is 0 Å². The average Bonchev–Trinajstić information content (AvgIpc) is 2.80. The van der Waals surface area contributed by atoms with Crippen molar-refractivity contribution >= 4 is 40.3 Å². The molecule has 2 aromatic carbocycles. The predicted molar refractivity (Wildman–Crippen MR) is 129 cm³/mol. The Morgan fingerprint density at radius 2 is 1.65 bits per heavy atom. The van der Waals surface area contributed by atoms with Gasteiger partial charge >= 0.3 is 12.2 Å². The van der Waals surface area contributed by atoms with Crippen LogP contribution in [0.2, 0.25) is 0 Å². The van der Waals surface area contributed by atoms with Crippen LogP contribution >= 0.6 is 11.9 Å². The molecule has 6 nitrogen and oxygen atoms in total. The molecular formula is C24H25F3N4O2S. The molecule has 180 valence electrons. The summed E-state index contributed by atoms with van der Waals surface area (Å²) in [6.45, 7) is 0.975. The van der Waals surface area contributed by atoms with Gasteiger partial charge in [-0.15, -0.1) is 0 Å². The quantitative estimate of drug-likeness (QED) is 0.303. The number of aromatic nitrogens is 1. The van der Waals surface area contributed by atoms with Crippen LogP contribution in [-0.2, 0) is 6.18 Å². The van der Waals surface area contributed by atoms with Crippen LogP contribution in [0.5, 0.6) is 0 Å². The van der Waals surface area contributed by atoms with Gasteiger partial charge < -0.3 is 15.6 Å². The number of carbonyl (C=O) groups is 1. The minimum atomic E-state index is -4.70. The molecule has 1 aromatic heterocycles. The monoisotopic (exact) mass is 490 g/mol. The normalized spacial score (nSPS) is 14.8. The van der Waals surface area contributed by atoms with Crippen LogP contribution in [0.15, 0.2) is 58.2 Å². The molecule has 0 radical (unpaired) electrons. The predicted octanol–water partition coefficient (Wildman–Crippen LogP) is 6.37. The maximum absolute atomic E-state index is 13.3. The molecule has 0 bridgehead atoms. The van der Waals surface area contributed by atoms with Crippen LogP contribution in [0.4, 0.5) is 29.3 Å². The topological polar surface area (TPSA) is 86.0 Å². The minimum absolute atomic E-state index is 0.0379. The summed E-state index contributed by atoms with van der Waals surface area (Å²) in [5.74, 6) is 0.730. The summed E-state index contributed by atoms with van der Waals surface area (Å²) in [6, 6.07) is 11.2. The standard InChI is InChI=1S/C24H25F3N4O2S/c25-24(26,27)20-13-22(32)31-21-11-8-17(12-19(20)21)30-23(33)29-16-6-9-18(10-7-16)34-28-14-15-4-2-1-3-5-15/h6-13,15,28H,1-5,14H2,(H,31,32)(H2,29,30,33). The zero-order valence-corrected chi connectivity index (χ0v) is 19.1. The van der Waals surface area contributed by atoms with Gasteiger partial charge in [-0.05, 0) is 73.2 Å². The second-order valence-corrected chi connectivity index (χ2v) is 9.33. The molecule has 0 atom stereocenters. The van der Waals surface area contributed by atoms with Gasteiger partial charge in [0.1, 0.15) is 0 Å². The number of halogens is 3. The zero-order valence-electron chi connectivity index (χ0n) is 18.3. The molecule has 10 heteroatoms. The van der Waals surface area contributed by atoms with E-state index < -0.39 is 23.3 Å². The van der Waals surface area contributed by atoms with Crippen LogP contribution in [0.25, 0.3) is 10.9 Å². The Morgan fingerprint density at radius 1 is 0.971 bits per heavy atom. The van der Waals surface area contributed by atoms with Gasteiger partial charge in [0.2, 0.25) is 5.56 Å². The molecule has 1 heterocycles. The minimum Gasteiger partial charge on any atom is -0.322 e. The molecule has 1 saturated carbocycles. The number of anilines is 2. The second-order valence-electron chi connectivity index (χ2n) is 8.36. The molecule has 0 spiro atoms. The smallest absolute Gasteiger partial charge is 0.322 e. The highest BCUT2D eigenvalue weighted by Gasteiger charge is 2.33. The fourth-order valence-electron chi connectivity index (χ4n) is 4.10. The molecular weight excluding hydrogens is 465 g/mol. The van der Waals surface area contributed by atoms with Crippen LogP contribution in [-0.4, -0.2) is 17.6 Å². The number of carbonyl (C=O) groups excluding carboxylic acids is 1. The van der Waals surface area contributed by atoms with Gasteiger partial charge in [0, 0.05) is 39.8 Å². The molecule has 0 unspecified atom stereocenters. The van der Waals surface area contributed by atoms with Crippen molar-refractivity contribution in [2.45, 2.75) is 43.2 Å². The van der Waals surface area contributed by atoms with E-state index in [-0.39, 0.29) is 16.6 Å². The largest absolute Gasteiger partial charge is 0.417 e. The van der Waals surface area contributed by atoms with Gasteiger partial charge in [0.15, 0.2) is 0 Å². The lowest BCUT2D eigenvalue weighted by molar-refractivity contribution is -0.136. The molecule has 1 fully saturated rings. The molecule has 4 rings (SSSR count). The first-order valence-corrected chi connectivity index (χ1v) is 11.9. The number of pyridine rings is 1. The first kappa shape index (κ1) is 24.2. The Hall–Kier alpha value is -2.98. The number of rotatable bonds is 6. The number of hydrogen-bond donors (Lipinski definition) is 4. The van der Waals surface area contributed by atoms with E-state index in [4.69, 9.17) is 0 Å². The van der Waals surface area contributed by atoms with Gasteiger partial charge in [-0.1, -0.05) is 19.3 Å². The van der Waals surface area contributed by atoms with E-state index in [1.807, 2.05) is 12.1 Å². The van der Waals surface area contributed by atoms with E-state index in [1.165, 1.54) is 50.3 Å². The van der Waals surface area contributed by atoms with Crippen LogP contribution in [0.3, 0.4) is 0 Å². The van der Waals surface area contributed by atoms with Crippen molar-refractivity contribution in [1.82, 2.24) is 9.71 Å². The van der Waals surface area contributed by atoms with Crippen LogP contribution in [0, 0.1) is 5.92 Å². The second kappa shape index (κ2) is 10.5. The summed E-state index contributed by atoms with van der Waals surface area (Å²) in [5, 5.41) is 5.00. The molecule has 2 amide bonds. The zero-order chi connectivity index (χ0) is 24.1. The average molecular weight is 491 g/mol. The number of nitrogens with one attached hydrogen (secondary N) is 4. The lowest BCUT2D eigenvalue weighted by Gasteiger charge is -2.21. The van der Waals surface area contributed by atoms with E-state index in [0.717, 1.165) is 17.4 Å². The summed E-state index contributed by atoms with van der Waals surface area (Å²) in [4.78, 5) is 27.3. The van der Waals surface area contributed by atoms with E-state index in [2.05, 4.69) is 20.3 Å². The van der Waals surface area contributed by atoms with Gasteiger partial charge in [-0.25, -0.2) is 4.79 Å². The SMILES string of the molecule is O=C(Nc1ccc(SNCC2CCCCC2)cc1)Nc1ccc2[nH]c(=O)cc(C(F)(F)F)c2c1. The van der Waals surface area contributed by atoms with Gasteiger partial charge in [-0.2, -0.15) is 13.2 Å². The number of benzene rings is 2. The summed E-state index contributed by atoms with van der Waals surface area (Å²) in [6.07, 6.45) is 1.81. The Bertz CT molecular complexity index is 1210. The third-order valence-electron chi connectivity index (χ3n) is 5.81. The summed E-state index contributed by atoms with van der Waals surface area (Å²) in [5.41, 5.74) is -1.14. The maximum atomic E-state index is 13.3. The number of amides is 2.